The van der Waals surface area contributed by atoms with Crippen molar-refractivity contribution >= 4 is 33.5 Å². The highest BCUT2D eigenvalue weighted by Crippen LogP contribution is 2.48. The molecule has 2 nitrogen and oxygen atoms in total. The summed E-state index contributed by atoms with van der Waals surface area (Å²) in [6.07, 6.45) is 1.67. The zero-order valence-electron chi connectivity index (χ0n) is 8.27. The van der Waals surface area contributed by atoms with Crippen LogP contribution >= 0.6 is 27.5 Å². The Hall–Kier alpha value is -0.610. The van der Waals surface area contributed by atoms with Crippen LogP contribution in [0.25, 0.3) is 0 Å². The van der Waals surface area contributed by atoms with Gasteiger partial charge in [-0.2, -0.15) is 0 Å². The molecule has 0 aliphatic heterocycles. The van der Waals surface area contributed by atoms with E-state index in [2.05, 4.69) is 15.9 Å². The third kappa shape index (κ3) is 1.55. The first kappa shape index (κ1) is 11.9. The van der Waals surface area contributed by atoms with Crippen LogP contribution in [0.1, 0.15) is 24.8 Å². The second kappa shape index (κ2) is 4.00. The van der Waals surface area contributed by atoms with Crippen molar-refractivity contribution in [2.45, 2.75) is 24.7 Å². The molecule has 1 aliphatic carbocycles. The maximum absolute atomic E-state index is 13.7. The predicted molar refractivity (Wildman–Crippen MR) is 62.3 cm³/mol. The number of carboxylic acid groups (broad SMARTS) is 1. The molecule has 1 fully saturated rings. The smallest absolute Gasteiger partial charge is 0.314 e. The van der Waals surface area contributed by atoms with Crippen LogP contribution < -0.4 is 0 Å². The Kier molecular flexibility index (Phi) is 2.97. The highest BCUT2D eigenvalue weighted by atomic mass is 79.9. The standard InChI is InChI=1S/C11H9BrClFO2/c12-6-2-3-7(14)8(9(6)13)11(10(15)16)4-1-5-11/h2-3H,1,4-5H2,(H,15,16). The number of hydrogen-bond donors (Lipinski definition) is 1. The second-order valence-electron chi connectivity index (χ2n) is 3.96. The second-order valence-corrected chi connectivity index (χ2v) is 5.19. The van der Waals surface area contributed by atoms with Crippen molar-refractivity contribution in [3.05, 3.63) is 33.0 Å². The van der Waals surface area contributed by atoms with Crippen LogP contribution in [0.15, 0.2) is 16.6 Å². The van der Waals surface area contributed by atoms with Gasteiger partial charge in [-0.3, -0.25) is 4.79 Å². The number of rotatable bonds is 2. The van der Waals surface area contributed by atoms with E-state index >= 15 is 0 Å². The molecule has 0 aromatic heterocycles. The van der Waals surface area contributed by atoms with E-state index in [-0.39, 0.29) is 10.6 Å². The average Bonchev–Trinajstić information content (AvgIpc) is 2.15. The van der Waals surface area contributed by atoms with Crippen LogP contribution in [0.3, 0.4) is 0 Å². The quantitative estimate of drug-likeness (QED) is 0.845. The number of halogens is 3. The molecule has 2 rings (SSSR count). The Morgan fingerprint density at radius 1 is 1.50 bits per heavy atom. The van der Waals surface area contributed by atoms with Gasteiger partial charge in [-0.1, -0.05) is 18.0 Å². The van der Waals surface area contributed by atoms with Crippen LogP contribution in [-0.2, 0) is 10.2 Å². The van der Waals surface area contributed by atoms with Crippen molar-refractivity contribution in [3.63, 3.8) is 0 Å². The fourth-order valence-corrected chi connectivity index (χ4v) is 2.73. The lowest BCUT2D eigenvalue weighted by Gasteiger charge is -2.38. The molecule has 0 amide bonds. The summed E-state index contributed by atoms with van der Waals surface area (Å²) in [6, 6.07) is 2.73. The number of carbonyl (C=O) groups is 1. The van der Waals surface area contributed by atoms with E-state index in [1.807, 2.05) is 0 Å². The lowest BCUT2D eigenvalue weighted by Crippen LogP contribution is -2.43. The van der Waals surface area contributed by atoms with Crippen LogP contribution in [0.2, 0.25) is 5.02 Å². The summed E-state index contributed by atoms with van der Waals surface area (Å²) in [5.74, 6) is -1.55. The van der Waals surface area contributed by atoms with E-state index in [1.165, 1.54) is 12.1 Å². The van der Waals surface area contributed by atoms with Gasteiger partial charge in [0, 0.05) is 10.0 Å². The van der Waals surface area contributed by atoms with E-state index in [1.54, 1.807) is 0 Å². The lowest BCUT2D eigenvalue weighted by molar-refractivity contribution is -0.147. The number of hydrogen-bond acceptors (Lipinski definition) is 1. The molecule has 0 spiro atoms. The first-order chi connectivity index (χ1) is 7.49. The van der Waals surface area contributed by atoms with Gasteiger partial charge in [0.05, 0.1) is 10.4 Å². The maximum Gasteiger partial charge on any atom is 0.314 e. The van der Waals surface area contributed by atoms with Crippen LogP contribution in [-0.4, -0.2) is 11.1 Å². The van der Waals surface area contributed by atoms with Crippen molar-refractivity contribution in [1.82, 2.24) is 0 Å². The summed E-state index contributed by atoms with van der Waals surface area (Å²) < 4.78 is 14.3. The van der Waals surface area contributed by atoms with E-state index in [0.717, 1.165) is 6.42 Å². The molecule has 0 atom stereocenters. The lowest BCUT2D eigenvalue weighted by atomic mass is 9.64. The molecule has 16 heavy (non-hydrogen) atoms. The SMILES string of the molecule is O=C(O)C1(c2c(F)ccc(Br)c2Cl)CCC1. The highest BCUT2D eigenvalue weighted by Gasteiger charge is 2.49. The molecular weight excluding hydrogens is 298 g/mol. The monoisotopic (exact) mass is 306 g/mol. The molecule has 1 aromatic rings. The summed E-state index contributed by atoms with van der Waals surface area (Å²) in [6.45, 7) is 0. The molecule has 1 N–H and O–H groups in total. The molecule has 1 aromatic carbocycles. The molecule has 1 saturated carbocycles. The summed E-state index contributed by atoms with van der Waals surface area (Å²) in [4.78, 5) is 11.3. The zero-order valence-corrected chi connectivity index (χ0v) is 10.6. The Bertz CT molecular complexity index is 458. The van der Waals surface area contributed by atoms with Gasteiger partial charge in [0.15, 0.2) is 0 Å². The number of benzene rings is 1. The van der Waals surface area contributed by atoms with Crippen molar-refractivity contribution < 1.29 is 14.3 Å². The van der Waals surface area contributed by atoms with Crippen molar-refractivity contribution in [1.29, 1.82) is 0 Å². The van der Waals surface area contributed by atoms with Crippen LogP contribution in [0, 0.1) is 5.82 Å². The highest BCUT2D eigenvalue weighted by molar-refractivity contribution is 9.10. The van der Waals surface area contributed by atoms with Gasteiger partial charge in [0.25, 0.3) is 0 Å². The Morgan fingerprint density at radius 3 is 2.56 bits per heavy atom. The normalized spacial score (nSPS) is 17.9. The molecule has 0 radical (unpaired) electrons. The van der Waals surface area contributed by atoms with Crippen molar-refractivity contribution in [3.8, 4) is 0 Å². The van der Waals surface area contributed by atoms with Gasteiger partial charge < -0.3 is 5.11 Å². The van der Waals surface area contributed by atoms with Gasteiger partial charge in [-0.25, -0.2) is 4.39 Å². The number of carboxylic acids is 1. The molecule has 5 heteroatoms. The fraction of sp³-hybridized carbons (Fsp3) is 0.364. The molecular formula is C11H9BrClFO2. The summed E-state index contributed by atoms with van der Waals surface area (Å²) in [5, 5.41) is 9.40. The number of aliphatic carboxylic acids is 1. The van der Waals surface area contributed by atoms with Gasteiger partial charge in [0.2, 0.25) is 0 Å². The molecule has 86 valence electrons. The Balaban J connectivity index is 2.63. The minimum absolute atomic E-state index is 0.113. The fourth-order valence-electron chi connectivity index (χ4n) is 2.07. The van der Waals surface area contributed by atoms with Gasteiger partial charge >= 0.3 is 5.97 Å². The molecule has 0 unspecified atom stereocenters. The van der Waals surface area contributed by atoms with Gasteiger partial charge in [-0.05, 0) is 40.9 Å². The topological polar surface area (TPSA) is 37.3 Å². The molecule has 0 heterocycles. The van der Waals surface area contributed by atoms with Crippen molar-refractivity contribution in [2.24, 2.45) is 0 Å². The van der Waals surface area contributed by atoms with Gasteiger partial charge in [0.1, 0.15) is 5.82 Å². The Labute approximate surface area is 106 Å². The summed E-state index contributed by atoms with van der Waals surface area (Å²) in [7, 11) is 0. The summed E-state index contributed by atoms with van der Waals surface area (Å²) in [5.41, 5.74) is -1.02. The van der Waals surface area contributed by atoms with E-state index in [9.17, 15) is 14.3 Å². The molecule has 0 saturated heterocycles. The Morgan fingerprint density at radius 2 is 2.12 bits per heavy atom. The predicted octanol–water partition coefficient (Wildman–Crippen LogP) is 3.75. The zero-order chi connectivity index (χ0) is 11.9. The van der Waals surface area contributed by atoms with Crippen LogP contribution in [0.5, 0.6) is 0 Å². The first-order valence-electron chi connectivity index (χ1n) is 4.86. The third-order valence-corrected chi connectivity index (χ3v) is 4.42. The minimum Gasteiger partial charge on any atom is -0.481 e. The first-order valence-corrected chi connectivity index (χ1v) is 6.03. The van der Waals surface area contributed by atoms with Gasteiger partial charge in [-0.15, -0.1) is 0 Å². The van der Waals surface area contributed by atoms with E-state index < -0.39 is 17.2 Å². The maximum atomic E-state index is 13.7. The van der Waals surface area contributed by atoms with E-state index in [4.69, 9.17) is 11.6 Å². The summed E-state index contributed by atoms with van der Waals surface area (Å²) >= 11 is 9.17. The minimum atomic E-state index is -1.13. The average molecular weight is 308 g/mol. The molecule has 0 bridgehead atoms. The largest absolute Gasteiger partial charge is 0.481 e. The van der Waals surface area contributed by atoms with E-state index in [0.29, 0.717) is 17.3 Å². The van der Waals surface area contributed by atoms with Crippen molar-refractivity contribution in [2.75, 3.05) is 0 Å². The third-order valence-electron chi connectivity index (χ3n) is 3.14. The van der Waals surface area contributed by atoms with Crippen LogP contribution in [0.4, 0.5) is 4.39 Å². The molecule has 1 aliphatic rings.